The molecule has 0 fully saturated rings. The first-order chi connectivity index (χ1) is 14.0. The van der Waals surface area contributed by atoms with E-state index in [2.05, 4.69) is 5.32 Å². The molecule has 0 bridgehead atoms. The van der Waals surface area contributed by atoms with Crippen LogP contribution in [0.25, 0.3) is 0 Å². The smallest absolute Gasteiger partial charge is 0.269 e. The van der Waals surface area contributed by atoms with Gasteiger partial charge in [0.1, 0.15) is 0 Å². The van der Waals surface area contributed by atoms with Gasteiger partial charge in [-0.05, 0) is 48.7 Å². The summed E-state index contributed by atoms with van der Waals surface area (Å²) >= 11 is 0. The molecule has 0 unspecified atom stereocenters. The van der Waals surface area contributed by atoms with Crippen molar-refractivity contribution in [1.82, 2.24) is 4.72 Å². The predicted octanol–water partition coefficient (Wildman–Crippen LogP) is 2.03. The van der Waals surface area contributed by atoms with Gasteiger partial charge in [0.15, 0.2) is 0 Å². The molecule has 2 amide bonds. The third kappa shape index (κ3) is 6.09. The number of nitro benzene ring substituents is 1. The fourth-order valence-electron chi connectivity index (χ4n) is 2.54. The van der Waals surface area contributed by atoms with E-state index in [0.717, 1.165) is 0 Å². The maximum absolute atomic E-state index is 12.3. The number of carbonyl (C=O) groups excluding carboxylic acids is 2. The Hall–Kier alpha value is -3.31. The molecule has 0 aliphatic carbocycles. The van der Waals surface area contributed by atoms with Gasteiger partial charge >= 0.3 is 0 Å². The first kappa shape index (κ1) is 23.0. The third-order valence-corrected chi connectivity index (χ3v) is 5.42. The molecule has 4 N–H and O–H groups in total. The van der Waals surface area contributed by atoms with E-state index in [4.69, 9.17) is 5.73 Å². The Bertz CT molecular complexity index is 1030. The zero-order valence-electron chi connectivity index (χ0n) is 16.4. The molecule has 0 saturated heterocycles. The number of carbonyl (C=O) groups is 2. The number of nitrogens with zero attached hydrogens (tertiary/aromatic N) is 1. The van der Waals surface area contributed by atoms with Crippen LogP contribution in [0.4, 0.5) is 11.4 Å². The van der Waals surface area contributed by atoms with Gasteiger partial charge in [-0.1, -0.05) is 13.8 Å². The zero-order valence-corrected chi connectivity index (χ0v) is 17.2. The maximum Gasteiger partial charge on any atom is 0.269 e. The van der Waals surface area contributed by atoms with Gasteiger partial charge in [0, 0.05) is 23.4 Å². The van der Waals surface area contributed by atoms with Gasteiger partial charge in [-0.3, -0.25) is 19.7 Å². The van der Waals surface area contributed by atoms with Crippen LogP contribution in [-0.4, -0.2) is 31.2 Å². The van der Waals surface area contributed by atoms with Gasteiger partial charge in [0.05, 0.1) is 15.9 Å². The molecule has 11 heteroatoms. The van der Waals surface area contributed by atoms with Crippen LogP contribution in [0.5, 0.6) is 0 Å². The normalized spacial score (nSPS) is 12.3. The van der Waals surface area contributed by atoms with Crippen LogP contribution in [0.1, 0.15) is 30.6 Å². The lowest BCUT2D eigenvalue weighted by Gasteiger charge is -2.14. The lowest BCUT2D eigenvalue weighted by atomic mass is 10.0. The van der Waals surface area contributed by atoms with E-state index in [-0.39, 0.29) is 22.1 Å². The van der Waals surface area contributed by atoms with E-state index in [9.17, 15) is 28.1 Å². The minimum atomic E-state index is -4.11. The van der Waals surface area contributed by atoms with E-state index < -0.39 is 32.8 Å². The Balaban J connectivity index is 2.05. The molecule has 0 spiro atoms. The number of hydrogen-bond donors (Lipinski definition) is 3. The summed E-state index contributed by atoms with van der Waals surface area (Å²) in [5.74, 6) is -1.18. The third-order valence-electron chi connectivity index (χ3n) is 4.06. The van der Waals surface area contributed by atoms with Gasteiger partial charge in [-0.25, -0.2) is 13.1 Å². The van der Waals surface area contributed by atoms with Crippen molar-refractivity contribution >= 4 is 33.2 Å². The van der Waals surface area contributed by atoms with Crippen molar-refractivity contribution in [3.8, 4) is 0 Å². The molecular formula is C19H22N4O6S. The molecule has 0 radical (unpaired) electrons. The highest BCUT2D eigenvalue weighted by atomic mass is 32.2. The number of rotatable bonds is 8. The second kappa shape index (κ2) is 9.46. The summed E-state index contributed by atoms with van der Waals surface area (Å²) in [6.45, 7) is 3.73. The molecular weight excluding hydrogens is 412 g/mol. The van der Waals surface area contributed by atoms with Crippen LogP contribution in [0.3, 0.4) is 0 Å². The quantitative estimate of drug-likeness (QED) is 0.423. The lowest BCUT2D eigenvalue weighted by Crippen LogP contribution is -2.43. The van der Waals surface area contributed by atoms with Crippen LogP contribution in [0.15, 0.2) is 53.4 Å². The highest BCUT2D eigenvalue weighted by Gasteiger charge is 2.22. The highest BCUT2D eigenvalue weighted by Crippen LogP contribution is 2.17. The number of sulfonamides is 1. The molecule has 0 aliphatic rings. The monoisotopic (exact) mass is 434 g/mol. The number of amides is 2. The van der Waals surface area contributed by atoms with Crippen molar-refractivity contribution < 1.29 is 22.9 Å². The van der Waals surface area contributed by atoms with E-state index in [1.165, 1.54) is 48.5 Å². The van der Waals surface area contributed by atoms with Crippen molar-refractivity contribution in [3.05, 3.63) is 64.2 Å². The molecule has 30 heavy (non-hydrogen) atoms. The minimum absolute atomic E-state index is 0.132. The number of nitro groups is 1. The largest absolute Gasteiger partial charge is 0.322 e. The first-order valence-corrected chi connectivity index (χ1v) is 10.5. The van der Waals surface area contributed by atoms with Crippen LogP contribution < -0.4 is 15.8 Å². The molecule has 2 rings (SSSR count). The number of hydrogen-bond acceptors (Lipinski definition) is 7. The van der Waals surface area contributed by atoms with Gasteiger partial charge in [0.25, 0.3) is 27.5 Å². The number of non-ortho nitro benzene ring substituents is 1. The topological polar surface area (TPSA) is 162 Å². The maximum atomic E-state index is 12.3. The van der Waals surface area contributed by atoms with Crippen LogP contribution in [-0.2, 0) is 14.8 Å². The number of nitrogens with two attached hydrogens (primary N) is 1. The van der Waals surface area contributed by atoms with Crippen molar-refractivity contribution in [1.29, 1.82) is 0 Å². The summed E-state index contributed by atoms with van der Waals surface area (Å²) in [7, 11) is -4.11. The van der Waals surface area contributed by atoms with Gasteiger partial charge < -0.3 is 11.1 Å². The number of anilines is 1. The summed E-state index contributed by atoms with van der Waals surface area (Å²) in [6.07, 6.45) is 0.342. The Labute approximate surface area is 173 Å². The average molecular weight is 434 g/mol. The average Bonchev–Trinajstić information content (AvgIpc) is 2.67. The second-order valence-electron chi connectivity index (χ2n) is 6.99. The Kier molecular flexibility index (Phi) is 7.24. The van der Waals surface area contributed by atoms with Gasteiger partial charge in [-0.15, -0.1) is 0 Å². The molecule has 160 valence electrons. The van der Waals surface area contributed by atoms with Crippen molar-refractivity contribution in [2.45, 2.75) is 31.2 Å². The SMILES string of the molecule is CC(C)C[C@H](N)C(=O)NS(=O)(=O)c1ccc(NC(=O)c2ccc([N+](=O)[O-])cc2)cc1. The highest BCUT2D eigenvalue weighted by molar-refractivity contribution is 7.90. The molecule has 1 atom stereocenters. The van der Waals surface area contributed by atoms with Gasteiger partial charge in [0.2, 0.25) is 0 Å². The standard InChI is InChI=1S/C19H22N4O6S/c1-12(2)11-17(20)19(25)22-30(28,29)16-9-5-14(6-10-16)21-18(24)13-3-7-15(8-4-13)23(26)27/h3-10,12,17H,11,20H2,1-2H3,(H,21,24)(H,22,25)/t17-/m0/s1. The number of benzene rings is 2. The van der Waals surface area contributed by atoms with E-state index in [1.54, 1.807) is 0 Å². The molecule has 2 aromatic carbocycles. The Morgan fingerprint density at radius 3 is 2.13 bits per heavy atom. The van der Waals surface area contributed by atoms with E-state index in [0.29, 0.717) is 12.1 Å². The van der Waals surface area contributed by atoms with Gasteiger partial charge in [-0.2, -0.15) is 0 Å². The van der Waals surface area contributed by atoms with Crippen molar-refractivity contribution in [2.24, 2.45) is 11.7 Å². The summed E-state index contributed by atoms with van der Waals surface area (Å²) in [4.78, 5) is 34.1. The zero-order chi connectivity index (χ0) is 22.5. The summed E-state index contributed by atoms with van der Waals surface area (Å²) < 4.78 is 26.6. The Morgan fingerprint density at radius 2 is 1.63 bits per heavy atom. The molecule has 0 saturated carbocycles. The van der Waals surface area contributed by atoms with E-state index >= 15 is 0 Å². The second-order valence-corrected chi connectivity index (χ2v) is 8.67. The summed E-state index contributed by atoms with van der Waals surface area (Å²) in [5.41, 5.74) is 6.06. The fourth-order valence-corrected chi connectivity index (χ4v) is 3.57. The molecule has 10 nitrogen and oxygen atoms in total. The first-order valence-electron chi connectivity index (χ1n) is 8.97. The fraction of sp³-hybridized carbons (Fsp3) is 0.263. The minimum Gasteiger partial charge on any atom is -0.322 e. The van der Waals surface area contributed by atoms with Crippen molar-refractivity contribution in [3.63, 3.8) is 0 Å². The van der Waals surface area contributed by atoms with Crippen LogP contribution in [0, 0.1) is 16.0 Å². The predicted molar refractivity (Wildman–Crippen MR) is 110 cm³/mol. The Morgan fingerprint density at radius 1 is 1.07 bits per heavy atom. The van der Waals surface area contributed by atoms with Crippen molar-refractivity contribution in [2.75, 3.05) is 5.32 Å². The molecule has 0 aromatic heterocycles. The van der Waals surface area contributed by atoms with Crippen LogP contribution >= 0.6 is 0 Å². The summed E-state index contributed by atoms with van der Waals surface area (Å²) in [6, 6.07) is 9.26. The molecule has 2 aromatic rings. The van der Waals surface area contributed by atoms with Crippen LogP contribution in [0.2, 0.25) is 0 Å². The number of nitrogens with one attached hydrogen (secondary N) is 2. The lowest BCUT2D eigenvalue weighted by molar-refractivity contribution is -0.384. The summed E-state index contributed by atoms with van der Waals surface area (Å²) in [5, 5.41) is 13.2. The molecule has 0 heterocycles. The van der Waals surface area contributed by atoms with E-state index in [1.807, 2.05) is 18.6 Å². The molecule has 0 aliphatic heterocycles.